The van der Waals surface area contributed by atoms with E-state index >= 15 is 0 Å². The number of rotatable bonds is 2. The highest BCUT2D eigenvalue weighted by Crippen LogP contribution is 2.25. The summed E-state index contributed by atoms with van der Waals surface area (Å²) in [5.74, 6) is 0. The molecule has 16 heavy (non-hydrogen) atoms. The fourth-order valence-corrected chi connectivity index (χ4v) is 3.24. The number of hydrogen-bond acceptors (Lipinski definition) is 3. The van der Waals surface area contributed by atoms with Crippen LogP contribution in [0.25, 0.3) is 0 Å². The molecule has 3 heteroatoms. The van der Waals surface area contributed by atoms with Crippen LogP contribution in [-0.4, -0.2) is 60.3 Å². The molecule has 0 aromatic carbocycles. The van der Waals surface area contributed by atoms with E-state index in [0.717, 1.165) is 18.9 Å². The first-order chi connectivity index (χ1) is 7.66. The van der Waals surface area contributed by atoms with Gasteiger partial charge in [0.05, 0.1) is 6.10 Å². The lowest BCUT2D eigenvalue weighted by Crippen LogP contribution is -2.50. The second-order valence-electron chi connectivity index (χ2n) is 5.69. The Morgan fingerprint density at radius 3 is 2.38 bits per heavy atom. The first-order valence-electron chi connectivity index (χ1n) is 6.75. The standard InChI is InChI=1S/C13H26N2O/c1-14-9-3-4-12(10-14)15(2)11-5-7-13(16)8-6-11/h11-13,16H,3-10H2,1-2H3. The molecule has 1 aliphatic carbocycles. The highest BCUT2D eigenvalue weighted by atomic mass is 16.3. The summed E-state index contributed by atoms with van der Waals surface area (Å²) in [6, 6.07) is 1.44. The molecule has 0 amide bonds. The third-order valence-electron chi connectivity index (χ3n) is 4.42. The van der Waals surface area contributed by atoms with E-state index in [1.165, 1.54) is 38.8 Å². The molecule has 3 nitrogen and oxygen atoms in total. The molecule has 1 aliphatic heterocycles. The number of aliphatic hydroxyl groups is 1. The molecule has 0 aromatic rings. The van der Waals surface area contributed by atoms with E-state index in [-0.39, 0.29) is 6.10 Å². The highest BCUT2D eigenvalue weighted by molar-refractivity contribution is 4.85. The van der Waals surface area contributed by atoms with Gasteiger partial charge in [0, 0.05) is 18.6 Å². The number of hydrogen-bond donors (Lipinski definition) is 1. The third-order valence-corrected chi connectivity index (χ3v) is 4.42. The van der Waals surface area contributed by atoms with E-state index in [1.54, 1.807) is 0 Å². The van der Waals surface area contributed by atoms with Crippen LogP contribution in [-0.2, 0) is 0 Å². The fraction of sp³-hybridized carbons (Fsp3) is 1.00. The van der Waals surface area contributed by atoms with Crippen molar-refractivity contribution in [1.29, 1.82) is 0 Å². The Morgan fingerprint density at radius 1 is 1.06 bits per heavy atom. The van der Waals surface area contributed by atoms with E-state index in [0.29, 0.717) is 6.04 Å². The van der Waals surface area contributed by atoms with Gasteiger partial charge in [-0.2, -0.15) is 0 Å². The van der Waals surface area contributed by atoms with Crippen LogP contribution in [0.4, 0.5) is 0 Å². The summed E-state index contributed by atoms with van der Waals surface area (Å²) in [6.45, 7) is 2.48. The second kappa shape index (κ2) is 5.48. The third kappa shape index (κ3) is 2.96. The molecule has 0 aromatic heterocycles. The molecule has 1 heterocycles. The molecule has 94 valence electrons. The zero-order valence-electron chi connectivity index (χ0n) is 10.7. The van der Waals surface area contributed by atoms with E-state index in [2.05, 4.69) is 23.9 Å². The summed E-state index contributed by atoms with van der Waals surface area (Å²) in [6.07, 6.45) is 7.00. The summed E-state index contributed by atoms with van der Waals surface area (Å²) >= 11 is 0. The van der Waals surface area contributed by atoms with Crippen molar-refractivity contribution < 1.29 is 5.11 Å². The summed E-state index contributed by atoms with van der Waals surface area (Å²) in [4.78, 5) is 5.03. The normalized spacial score (nSPS) is 37.9. The van der Waals surface area contributed by atoms with Crippen molar-refractivity contribution in [3.63, 3.8) is 0 Å². The van der Waals surface area contributed by atoms with E-state index in [1.807, 2.05) is 0 Å². The summed E-state index contributed by atoms with van der Waals surface area (Å²) in [5, 5.41) is 9.53. The van der Waals surface area contributed by atoms with Gasteiger partial charge in [-0.1, -0.05) is 0 Å². The maximum absolute atomic E-state index is 9.53. The summed E-state index contributed by atoms with van der Waals surface area (Å²) < 4.78 is 0. The summed E-state index contributed by atoms with van der Waals surface area (Å²) in [5.41, 5.74) is 0. The van der Waals surface area contributed by atoms with Crippen LogP contribution >= 0.6 is 0 Å². The van der Waals surface area contributed by atoms with E-state index in [9.17, 15) is 5.11 Å². The number of aliphatic hydroxyl groups excluding tert-OH is 1. The molecule has 2 fully saturated rings. The molecular weight excluding hydrogens is 200 g/mol. The molecule has 1 unspecified atom stereocenters. The quantitative estimate of drug-likeness (QED) is 0.769. The SMILES string of the molecule is CN1CCCC(N(C)C2CCC(O)CC2)C1. The highest BCUT2D eigenvalue weighted by Gasteiger charge is 2.28. The van der Waals surface area contributed by atoms with Gasteiger partial charge in [0.15, 0.2) is 0 Å². The molecule has 1 N–H and O–H groups in total. The lowest BCUT2D eigenvalue weighted by atomic mass is 9.90. The number of piperidine rings is 1. The van der Waals surface area contributed by atoms with Crippen LogP contribution in [0.3, 0.4) is 0 Å². The maximum Gasteiger partial charge on any atom is 0.0541 e. The van der Waals surface area contributed by atoms with Gasteiger partial charge in [0.25, 0.3) is 0 Å². The minimum atomic E-state index is -0.0290. The van der Waals surface area contributed by atoms with Crippen molar-refractivity contribution in [2.75, 3.05) is 27.2 Å². The maximum atomic E-state index is 9.53. The molecule has 1 atom stereocenters. The van der Waals surface area contributed by atoms with Crippen molar-refractivity contribution in [1.82, 2.24) is 9.80 Å². The zero-order chi connectivity index (χ0) is 11.5. The number of likely N-dealkylation sites (N-methyl/N-ethyl adjacent to an activating group) is 2. The molecule has 2 aliphatic rings. The van der Waals surface area contributed by atoms with Gasteiger partial charge in [-0.15, -0.1) is 0 Å². The van der Waals surface area contributed by atoms with Crippen molar-refractivity contribution in [3.8, 4) is 0 Å². The number of likely N-dealkylation sites (tertiary alicyclic amines) is 1. The van der Waals surface area contributed by atoms with Crippen LogP contribution in [0.2, 0.25) is 0 Å². The van der Waals surface area contributed by atoms with Crippen molar-refractivity contribution in [2.24, 2.45) is 0 Å². The van der Waals surface area contributed by atoms with E-state index in [4.69, 9.17) is 0 Å². The van der Waals surface area contributed by atoms with Crippen molar-refractivity contribution >= 4 is 0 Å². The first-order valence-corrected chi connectivity index (χ1v) is 6.75. The molecule has 0 bridgehead atoms. The summed E-state index contributed by atoms with van der Waals surface area (Å²) in [7, 11) is 4.51. The average Bonchev–Trinajstić information content (AvgIpc) is 2.29. The predicted molar refractivity (Wildman–Crippen MR) is 66.5 cm³/mol. The minimum Gasteiger partial charge on any atom is -0.393 e. The smallest absolute Gasteiger partial charge is 0.0541 e. The largest absolute Gasteiger partial charge is 0.393 e. The van der Waals surface area contributed by atoms with Crippen LogP contribution < -0.4 is 0 Å². The average molecular weight is 226 g/mol. The molecule has 1 saturated heterocycles. The van der Waals surface area contributed by atoms with Gasteiger partial charge >= 0.3 is 0 Å². The number of nitrogens with zero attached hydrogens (tertiary/aromatic N) is 2. The van der Waals surface area contributed by atoms with Crippen molar-refractivity contribution in [3.05, 3.63) is 0 Å². The Hall–Kier alpha value is -0.120. The molecule has 0 spiro atoms. The van der Waals surface area contributed by atoms with Gasteiger partial charge in [-0.05, 0) is 59.2 Å². The second-order valence-corrected chi connectivity index (χ2v) is 5.69. The van der Waals surface area contributed by atoms with Crippen LogP contribution in [0, 0.1) is 0 Å². The molecular formula is C13H26N2O. The Balaban J connectivity index is 1.84. The monoisotopic (exact) mass is 226 g/mol. The van der Waals surface area contributed by atoms with Gasteiger partial charge in [0.1, 0.15) is 0 Å². The van der Waals surface area contributed by atoms with Gasteiger partial charge in [-0.25, -0.2) is 0 Å². The minimum absolute atomic E-state index is 0.0290. The Labute approximate surface area is 99.4 Å². The predicted octanol–water partition coefficient (Wildman–Crippen LogP) is 1.32. The van der Waals surface area contributed by atoms with Gasteiger partial charge in [-0.3, -0.25) is 4.90 Å². The lowest BCUT2D eigenvalue weighted by molar-refractivity contribution is 0.0455. The molecule has 2 rings (SSSR count). The van der Waals surface area contributed by atoms with Crippen molar-refractivity contribution in [2.45, 2.75) is 56.7 Å². The Morgan fingerprint density at radius 2 is 1.75 bits per heavy atom. The topological polar surface area (TPSA) is 26.7 Å². The molecule has 1 saturated carbocycles. The molecule has 0 radical (unpaired) electrons. The first kappa shape index (κ1) is 12.3. The Kier molecular flexibility index (Phi) is 4.22. The van der Waals surface area contributed by atoms with Crippen LogP contribution in [0.1, 0.15) is 38.5 Å². The fourth-order valence-electron chi connectivity index (χ4n) is 3.24. The van der Waals surface area contributed by atoms with E-state index < -0.39 is 0 Å². The van der Waals surface area contributed by atoms with Crippen LogP contribution in [0.15, 0.2) is 0 Å². The van der Waals surface area contributed by atoms with Crippen LogP contribution in [0.5, 0.6) is 0 Å². The van der Waals surface area contributed by atoms with Gasteiger partial charge in [0.2, 0.25) is 0 Å². The lowest BCUT2D eigenvalue weighted by Gasteiger charge is -2.42. The Bertz CT molecular complexity index is 214. The van der Waals surface area contributed by atoms with Gasteiger partial charge < -0.3 is 10.0 Å². The zero-order valence-corrected chi connectivity index (χ0v) is 10.7.